The SMILES string of the molecule is CCc1cn2ncc(CN3CC(Nc4ccc(C(=O)NC)nc4C)C3)c2[nH]c1=O. The van der Waals surface area contributed by atoms with Gasteiger partial charge in [0.2, 0.25) is 0 Å². The van der Waals surface area contributed by atoms with Gasteiger partial charge >= 0.3 is 0 Å². The van der Waals surface area contributed by atoms with Crippen LogP contribution < -0.4 is 16.2 Å². The Bertz CT molecular complexity index is 1110. The minimum atomic E-state index is -0.188. The number of rotatable bonds is 6. The van der Waals surface area contributed by atoms with E-state index in [0.29, 0.717) is 18.2 Å². The van der Waals surface area contributed by atoms with Crippen LogP contribution in [0, 0.1) is 6.92 Å². The van der Waals surface area contributed by atoms with Crippen LogP contribution in [0.25, 0.3) is 5.65 Å². The lowest BCUT2D eigenvalue weighted by Crippen LogP contribution is -2.54. The molecule has 0 aromatic carbocycles. The third-order valence-corrected chi connectivity index (χ3v) is 5.31. The van der Waals surface area contributed by atoms with Crippen molar-refractivity contribution in [3.63, 3.8) is 0 Å². The lowest BCUT2D eigenvalue weighted by Gasteiger charge is -2.40. The molecule has 3 N–H and O–H groups in total. The molecule has 3 aromatic rings. The molecule has 0 bridgehead atoms. The van der Waals surface area contributed by atoms with Crippen LogP contribution >= 0.6 is 0 Å². The van der Waals surface area contributed by atoms with Gasteiger partial charge in [-0.25, -0.2) is 9.50 Å². The van der Waals surface area contributed by atoms with E-state index in [1.165, 1.54) is 0 Å². The molecule has 0 spiro atoms. The van der Waals surface area contributed by atoms with Crippen molar-refractivity contribution in [1.29, 1.82) is 0 Å². The van der Waals surface area contributed by atoms with Gasteiger partial charge in [0.25, 0.3) is 11.5 Å². The molecule has 3 aromatic heterocycles. The van der Waals surface area contributed by atoms with Gasteiger partial charge in [-0.3, -0.25) is 14.5 Å². The van der Waals surface area contributed by atoms with Crippen LogP contribution in [0.1, 0.15) is 34.2 Å². The second-order valence-corrected chi connectivity index (χ2v) is 7.37. The first-order valence-corrected chi connectivity index (χ1v) is 9.75. The second-order valence-electron chi connectivity index (χ2n) is 7.37. The molecule has 0 saturated carbocycles. The Morgan fingerprint density at radius 1 is 1.31 bits per heavy atom. The fraction of sp³-hybridized carbons (Fsp3) is 0.400. The first-order chi connectivity index (χ1) is 14.0. The minimum Gasteiger partial charge on any atom is -0.378 e. The minimum absolute atomic E-state index is 0.0481. The first-order valence-electron chi connectivity index (χ1n) is 9.75. The predicted octanol–water partition coefficient (Wildman–Crippen LogP) is 0.944. The van der Waals surface area contributed by atoms with Crippen molar-refractivity contribution in [2.75, 3.05) is 25.5 Å². The van der Waals surface area contributed by atoms with Gasteiger partial charge in [-0.1, -0.05) is 6.92 Å². The van der Waals surface area contributed by atoms with E-state index in [4.69, 9.17) is 0 Å². The highest BCUT2D eigenvalue weighted by Gasteiger charge is 2.28. The summed E-state index contributed by atoms with van der Waals surface area (Å²) in [6.45, 7) is 6.34. The van der Waals surface area contributed by atoms with Gasteiger partial charge in [0.15, 0.2) is 0 Å². The molecule has 0 atom stereocenters. The molecule has 1 saturated heterocycles. The quantitative estimate of drug-likeness (QED) is 0.574. The van der Waals surface area contributed by atoms with E-state index in [1.807, 2.05) is 26.1 Å². The smallest absolute Gasteiger partial charge is 0.269 e. The Labute approximate surface area is 168 Å². The largest absolute Gasteiger partial charge is 0.378 e. The molecule has 0 unspecified atom stereocenters. The number of aromatic nitrogens is 4. The molecule has 4 rings (SSSR count). The zero-order chi connectivity index (χ0) is 20.5. The molecule has 1 amide bonds. The summed E-state index contributed by atoms with van der Waals surface area (Å²) in [5.74, 6) is -0.188. The highest BCUT2D eigenvalue weighted by Crippen LogP contribution is 2.21. The number of amides is 1. The average molecular weight is 395 g/mol. The molecular formula is C20H25N7O2. The molecule has 0 radical (unpaired) electrons. The maximum Gasteiger partial charge on any atom is 0.269 e. The van der Waals surface area contributed by atoms with E-state index in [2.05, 4.69) is 30.6 Å². The van der Waals surface area contributed by atoms with Crippen LogP contribution in [-0.2, 0) is 13.0 Å². The average Bonchev–Trinajstić information content (AvgIpc) is 3.07. The number of aryl methyl sites for hydroxylation is 2. The van der Waals surface area contributed by atoms with Crippen molar-refractivity contribution in [3.05, 3.63) is 57.4 Å². The lowest BCUT2D eigenvalue weighted by molar-refractivity contribution is 0.0958. The Kier molecular flexibility index (Phi) is 5.06. The normalized spacial score (nSPS) is 14.7. The Balaban J connectivity index is 1.37. The van der Waals surface area contributed by atoms with Crippen LogP contribution in [0.2, 0.25) is 0 Å². The number of hydrogen-bond donors (Lipinski definition) is 3. The summed E-state index contributed by atoms with van der Waals surface area (Å²) in [7, 11) is 1.59. The highest BCUT2D eigenvalue weighted by molar-refractivity contribution is 5.92. The van der Waals surface area contributed by atoms with E-state index < -0.39 is 0 Å². The summed E-state index contributed by atoms with van der Waals surface area (Å²) in [6, 6.07) is 3.94. The summed E-state index contributed by atoms with van der Waals surface area (Å²) >= 11 is 0. The number of anilines is 1. The number of likely N-dealkylation sites (tertiary alicyclic amines) is 1. The van der Waals surface area contributed by atoms with Crippen LogP contribution in [0.15, 0.2) is 29.3 Å². The molecule has 1 fully saturated rings. The standard InChI is InChI=1S/C20H25N7O2/c1-4-13-9-27-18(25-19(13)28)14(7-22-27)8-26-10-15(11-26)24-16-5-6-17(20(29)21-3)23-12(16)2/h5-7,9,15,24H,4,8,10-11H2,1-3H3,(H,21,29)(H,25,28). The van der Waals surface area contributed by atoms with E-state index in [-0.39, 0.29) is 11.5 Å². The van der Waals surface area contributed by atoms with Crippen LogP contribution in [0.4, 0.5) is 5.69 Å². The third-order valence-electron chi connectivity index (χ3n) is 5.31. The van der Waals surface area contributed by atoms with Gasteiger partial charge in [-0.15, -0.1) is 0 Å². The number of nitrogens with zero attached hydrogens (tertiary/aromatic N) is 4. The predicted molar refractivity (Wildman–Crippen MR) is 110 cm³/mol. The summed E-state index contributed by atoms with van der Waals surface area (Å²) in [6.07, 6.45) is 4.30. The summed E-state index contributed by atoms with van der Waals surface area (Å²) in [5.41, 5.74) is 4.61. The zero-order valence-corrected chi connectivity index (χ0v) is 16.8. The highest BCUT2D eigenvalue weighted by atomic mass is 16.1. The van der Waals surface area contributed by atoms with E-state index >= 15 is 0 Å². The molecule has 152 valence electrons. The van der Waals surface area contributed by atoms with Crippen LogP contribution in [0.3, 0.4) is 0 Å². The van der Waals surface area contributed by atoms with Gasteiger partial charge in [0.1, 0.15) is 11.3 Å². The van der Waals surface area contributed by atoms with Gasteiger partial charge in [0.05, 0.1) is 23.6 Å². The van der Waals surface area contributed by atoms with Crippen molar-refractivity contribution < 1.29 is 4.79 Å². The number of carbonyl (C=O) groups excluding carboxylic acids is 1. The van der Waals surface area contributed by atoms with E-state index in [1.54, 1.807) is 23.8 Å². The molecule has 29 heavy (non-hydrogen) atoms. The fourth-order valence-corrected chi connectivity index (χ4v) is 3.61. The molecule has 1 aliphatic heterocycles. The van der Waals surface area contributed by atoms with Gasteiger partial charge < -0.3 is 15.6 Å². The Morgan fingerprint density at radius 2 is 2.10 bits per heavy atom. The van der Waals surface area contributed by atoms with Gasteiger partial charge in [-0.05, 0) is 25.5 Å². The van der Waals surface area contributed by atoms with E-state index in [9.17, 15) is 9.59 Å². The molecular weight excluding hydrogens is 370 g/mol. The second kappa shape index (κ2) is 7.67. The monoisotopic (exact) mass is 395 g/mol. The third kappa shape index (κ3) is 3.73. The molecule has 1 aliphatic rings. The number of aromatic amines is 1. The van der Waals surface area contributed by atoms with Crippen molar-refractivity contribution in [1.82, 2.24) is 29.8 Å². The fourth-order valence-electron chi connectivity index (χ4n) is 3.61. The number of nitrogens with one attached hydrogen (secondary N) is 3. The van der Waals surface area contributed by atoms with Crippen molar-refractivity contribution in [2.45, 2.75) is 32.9 Å². The summed E-state index contributed by atoms with van der Waals surface area (Å²) < 4.78 is 1.74. The molecule has 9 nitrogen and oxygen atoms in total. The number of carbonyl (C=O) groups is 1. The topological polar surface area (TPSA) is 107 Å². The first kappa shape index (κ1) is 19.1. The van der Waals surface area contributed by atoms with Crippen molar-refractivity contribution in [2.24, 2.45) is 0 Å². The summed E-state index contributed by atoms with van der Waals surface area (Å²) in [4.78, 5) is 33.4. The van der Waals surface area contributed by atoms with Gasteiger partial charge in [-0.2, -0.15) is 5.10 Å². The maximum atomic E-state index is 12.1. The van der Waals surface area contributed by atoms with Crippen molar-refractivity contribution >= 4 is 17.2 Å². The Morgan fingerprint density at radius 3 is 2.79 bits per heavy atom. The van der Waals surface area contributed by atoms with Crippen molar-refractivity contribution in [3.8, 4) is 0 Å². The molecule has 9 heteroatoms. The van der Waals surface area contributed by atoms with Crippen LogP contribution in [-0.4, -0.2) is 56.6 Å². The maximum absolute atomic E-state index is 12.1. The summed E-state index contributed by atoms with van der Waals surface area (Å²) in [5, 5.41) is 10.4. The number of pyridine rings is 1. The van der Waals surface area contributed by atoms with Crippen LogP contribution in [0.5, 0.6) is 0 Å². The number of fused-ring (bicyclic) bond motifs is 1. The molecule has 0 aliphatic carbocycles. The Hall–Kier alpha value is -3.20. The number of H-pyrrole nitrogens is 1. The number of hydrogen-bond acceptors (Lipinski definition) is 6. The zero-order valence-electron chi connectivity index (χ0n) is 16.8. The lowest BCUT2D eigenvalue weighted by atomic mass is 10.1. The van der Waals surface area contributed by atoms with Gasteiger partial charge in [0, 0.05) is 44.0 Å². The molecule has 4 heterocycles. The van der Waals surface area contributed by atoms with E-state index in [0.717, 1.165) is 47.8 Å².